The number of halogens is 2. The Morgan fingerprint density at radius 2 is 1.94 bits per heavy atom. The molecule has 1 aromatic heterocycles. The number of benzene rings is 1. The van der Waals surface area contributed by atoms with E-state index in [1.807, 2.05) is 17.0 Å². The van der Waals surface area contributed by atoms with Gasteiger partial charge < -0.3 is 14.4 Å². The lowest BCUT2D eigenvalue weighted by atomic mass is 10.1. The molecule has 0 radical (unpaired) electrons. The SMILES string of the molecule is CC(C)(C)OC(=O)N1c2cc(I)ccc2OCc2c1ncc(Cl)c2N1CCS(=O)(=O)CC1. The number of carbonyl (C=O) groups excluding carboxylic acids is 1. The summed E-state index contributed by atoms with van der Waals surface area (Å²) < 4.78 is 36.6. The number of hydrogen-bond donors (Lipinski definition) is 0. The van der Waals surface area contributed by atoms with Gasteiger partial charge >= 0.3 is 6.09 Å². The zero-order valence-corrected chi connectivity index (χ0v) is 21.6. The van der Waals surface area contributed by atoms with Crippen molar-refractivity contribution in [3.8, 4) is 5.75 Å². The summed E-state index contributed by atoms with van der Waals surface area (Å²) >= 11 is 8.71. The summed E-state index contributed by atoms with van der Waals surface area (Å²) in [5.41, 5.74) is 1.03. The van der Waals surface area contributed by atoms with Gasteiger partial charge in [0.15, 0.2) is 15.7 Å². The molecular weight excluding hydrogens is 569 g/mol. The number of carbonyl (C=O) groups is 1. The van der Waals surface area contributed by atoms with Gasteiger partial charge in [-0.05, 0) is 61.6 Å². The minimum atomic E-state index is -3.07. The minimum absolute atomic E-state index is 0.0372. The first-order chi connectivity index (χ1) is 15.0. The maximum atomic E-state index is 13.3. The fraction of sp³-hybridized carbons (Fsp3) is 0.429. The number of fused-ring (bicyclic) bond motifs is 2. The molecule has 0 atom stereocenters. The first kappa shape index (κ1) is 23.4. The lowest BCUT2D eigenvalue weighted by Crippen LogP contribution is -2.41. The van der Waals surface area contributed by atoms with Gasteiger partial charge in [0.05, 0.1) is 39.7 Å². The summed E-state index contributed by atoms with van der Waals surface area (Å²) in [6, 6.07) is 5.52. The number of sulfone groups is 1. The summed E-state index contributed by atoms with van der Waals surface area (Å²) in [5.74, 6) is 0.940. The highest BCUT2D eigenvalue weighted by Crippen LogP contribution is 2.45. The molecule has 0 N–H and O–H groups in total. The van der Waals surface area contributed by atoms with E-state index in [4.69, 9.17) is 21.1 Å². The van der Waals surface area contributed by atoms with Crippen LogP contribution in [0.5, 0.6) is 5.75 Å². The lowest BCUT2D eigenvalue weighted by molar-refractivity contribution is 0.0598. The molecule has 0 aliphatic carbocycles. The normalized spacial score (nSPS) is 17.7. The van der Waals surface area contributed by atoms with E-state index in [-0.39, 0.29) is 18.1 Å². The standard InChI is InChI=1S/C21H23ClIN3O5S/c1-21(2,3)31-20(27)26-16-10-13(23)4-5-17(16)30-12-14-18(15(22)11-24-19(14)26)25-6-8-32(28,29)9-7-25/h4-5,10-11H,6-9,12H2,1-3H3. The van der Waals surface area contributed by atoms with Gasteiger partial charge in [-0.25, -0.2) is 23.1 Å². The van der Waals surface area contributed by atoms with Crippen molar-refractivity contribution in [3.63, 3.8) is 0 Å². The predicted molar refractivity (Wildman–Crippen MR) is 132 cm³/mol. The fourth-order valence-corrected chi connectivity index (χ4v) is 5.61. The topological polar surface area (TPSA) is 89.0 Å². The highest BCUT2D eigenvalue weighted by molar-refractivity contribution is 14.1. The predicted octanol–water partition coefficient (Wildman–Crippen LogP) is 4.54. The van der Waals surface area contributed by atoms with Crippen LogP contribution in [0.2, 0.25) is 5.02 Å². The van der Waals surface area contributed by atoms with E-state index >= 15 is 0 Å². The van der Waals surface area contributed by atoms with Gasteiger partial charge in [0.1, 0.15) is 18.0 Å². The molecule has 3 heterocycles. The van der Waals surface area contributed by atoms with Gasteiger partial charge in [0.25, 0.3) is 0 Å². The van der Waals surface area contributed by atoms with Crippen LogP contribution >= 0.6 is 34.2 Å². The maximum absolute atomic E-state index is 13.3. The van der Waals surface area contributed by atoms with Gasteiger partial charge in [0.2, 0.25) is 0 Å². The Bertz CT molecular complexity index is 1170. The average Bonchev–Trinajstić information content (AvgIpc) is 2.83. The quantitative estimate of drug-likeness (QED) is 0.450. The van der Waals surface area contributed by atoms with Crippen molar-refractivity contribution >= 4 is 67.3 Å². The number of anilines is 3. The van der Waals surface area contributed by atoms with Crippen molar-refractivity contribution in [2.24, 2.45) is 0 Å². The number of hydrogen-bond acceptors (Lipinski definition) is 7. The molecule has 4 rings (SSSR count). The molecule has 32 heavy (non-hydrogen) atoms. The lowest BCUT2D eigenvalue weighted by Gasteiger charge is -2.32. The third-order valence-corrected chi connectivity index (χ3v) is 7.62. The van der Waals surface area contributed by atoms with Crippen LogP contribution in [-0.2, 0) is 21.2 Å². The number of ether oxygens (including phenoxy) is 2. The van der Waals surface area contributed by atoms with Gasteiger partial charge in [0, 0.05) is 16.7 Å². The smallest absolute Gasteiger partial charge is 0.420 e. The first-order valence-corrected chi connectivity index (χ1v) is 13.3. The van der Waals surface area contributed by atoms with Crippen LogP contribution in [0.15, 0.2) is 24.4 Å². The van der Waals surface area contributed by atoms with E-state index in [1.165, 1.54) is 11.1 Å². The van der Waals surface area contributed by atoms with Crippen molar-refractivity contribution in [1.82, 2.24) is 4.98 Å². The molecular formula is C21H23ClIN3O5S. The maximum Gasteiger partial charge on any atom is 0.420 e. The molecule has 1 saturated heterocycles. The third-order valence-electron chi connectivity index (χ3n) is 5.06. The van der Waals surface area contributed by atoms with E-state index < -0.39 is 21.5 Å². The largest absolute Gasteiger partial charge is 0.486 e. The molecule has 172 valence electrons. The number of pyridine rings is 1. The third kappa shape index (κ3) is 4.76. The van der Waals surface area contributed by atoms with Gasteiger partial charge in [-0.2, -0.15) is 0 Å². The molecule has 2 aromatic rings. The van der Waals surface area contributed by atoms with Crippen LogP contribution in [0.1, 0.15) is 26.3 Å². The van der Waals surface area contributed by atoms with Crippen LogP contribution in [0.25, 0.3) is 0 Å². The zero-order valence-electron chi connectivity index (χ0n) is 17.9. The van der Waals surface area contributed by atoms with E-state index in [2.05, 4.69) is 27.6 Å². The Hall–Kier alpha value is -1.79. The molecule has 0 spiro atoms. The number of aromatic nitrogens is 1. The second-order valence-corrected chi connectivity index (χ2v) is 12.6. The summed E-state index contributed by atoms with van der Waals surface area (Å²) in [4.78, 5) is 21.2. The summed E-state index contributed by atoms with van der Waals surface area (Å²) in [5, 5.41) is 0.372. The van der Waals surface area contributed by atoms with Crippen LogP contribution in [0.3, 0.4) is 0 Å². The second kappa shape index (κ2) is 8.53. The zero-order chi connectivity index (χ0) is 23.3. The molecule has 0 saturated carbocycles. The molecule has 0 unspecified atom stereocenters. The van der Waals surface area contributed by atoms with Crippen molar-refractivity contribution in [3.05, 3.63) is 38.6 Å². The summed E-state index contributed by atoms with van der Waals surface area (Å²) in [6.07, 6.45) is 0.893. The Kier molecular flexibility index (Phi) is 6.23. The van der Waals surface area contributed by atoms with Crippen molar-refractivity contribution < 1.29 is 22.7 Å². The molecule has 8 nitrogen and oxygen atoms in total. The second-order valence-electron chi connectivity index (χ2n) is 8.61. The molecule has 11 heteroatoms. The fourth-order valence-electron chi connectivity index (χ4n) is 3.65. The van der Waals surface area contributed by atoms with Crippen molar-refractivity contribution in [1.29, 1.82) is 0 Å². The molecule has 1 fully saturated rings. The molecule has 0 bridgehead atoms. The molecule has 2 aliphatic rings. The number of amides is 1. The summed E-state index contributed by atoms with van der Waals surface area (Å²) in [7, 11) is -3.07. The van der Waals surface area contributed by atoms with E-state index in [1.54, 1.807) is 26.8 Å². The van der Waals surface area contributed by atoms with E-state index in [0.29, 0.717) is 46.6 Å². The van der Waals surface area contributed by atoms with Crippen LogP contribution in [-0.4, -0.2) is 49.7 Å². The summed E-state index contributed by atoms with van der Waals surface area (Å²) in [6.45, 7) is 6.11. The highest BCUT2D eigenvalue weighted by atomic mass is 127. The Morgan fingerprint density at radius 3 is 2.59 bits per heavy atom. The van der Waals surface area contributed by atoms with E-state index in [0.717, 1.165) is 3.57 Å². The highest BCUT2D eigenvalue weighted by Gasteiger charge is 2.35. The monoisotopic (exact) mass is 591 g/mol. The van der Waals surface area contributed by atoms with Crippen LogP contribution in [0.4, 0.5) is 22.0 Å². The van der Waals surface area contributed by atoms with Crippen molar-refractivity contribution in [2.45, 2.75) is 33.0 Å². The van der Waals surface area contributed by atoms with Crippen LogP contribution < -0.4 is 14.5 Å². The van der Waals surface area contributed by atoms with Gasteiger partial charge in [-0.15, -0.1) is 0 Å². The molecule has 1 amide bonds. The minimum Gasteiger partial charge on any atom is -0.486 e. The number of nitrogens with zero attached hydrogens (tertiary/aromatic N) is 3. The first-order valence-electron chi connectivity index (χ1n) is 10.0. The van der Waals surface area contributed by atoms with Crippen molar-refractivity contribution in [2.75, 3.05) is 34.4 Å². The Morgan fingerprint density at radius 1 is 1.25 bits per heavy atom. The molecule has 1 aromatic carbocycles. The number of rotatable bonds is 1. The van der Waals surface area contributed by atoms with Gasteiger partial charge in [-0.1, -0.05) is 11.6 Å². The van der Waals surface area contributed by atoms with Gasteiger partial charge in [-0.3, -0.25) is 0 Å². The average molecular weight is 592 g/mol. The Balaban J connectivity index is 1.86. The van der Waals surface area contributed by atoms with Crippen LogP contribution in [0, 0.1) is 3.57 Å². The molecule has 2 aliphatic heterocycles. The van der Waals surface area contributed by atoms with E-state index in [9.17, 15) is 13.2 Å². The Labute approximate surface area is 205 Å².